The fraction of sp³-hybridized carbons (Fsp3) is 0.619. The van der Waals surface area contributed by atoms with Crippen molar-refractivity contribution in [2.75, 3.05) is 19.6 Å². The van der Waals surface area contributed by atoms with Gasteiger partial charge >= 0.3 is 0 Å². The maximum atomic E-state index is 14.0. The number of benzene rings is 1. The first-order valence-corrected chi connectivity index (χ1v) is 10.2. The zero-order chi connectivity index (χ0) is 20.3. The van der Waals surface area contributed by atoms with Crippen molar-refractivity contribution in [1.82, 2.24) is 15.5 Å². The quantitative estimate of drug-likeness (QED) is 0.354. The summed E-state index contributed by atoms with van der Waals surface area (Å²) < 4.78 is 28.0. The second kappa shape index (κ2) is 10.5. The lowest BCUT2D eigenvalue weighted by Crippen LogP contribution is -2.50. The molecule has 2 unspecified atom stereocenters. The van der Waals surface area contributed by atoms with Gasteiger partial charge in [0, 0.05) is 49.1 Å². The van der Waals surface area contributed by atoms with Crippen LogP contribution in [0.3, 0.4) is 0 Å². The Morgan fingerprint density at radius 3 is 2.38 bits per heavy atom. The standard InChI is InChI=1S/C21H30F2N4O.HI/c1-4-24-21(25-14-8-10-27(11-9-14)20(28)13(2)3)26-18-12-15(18)19-16(22)6-5-7-17(19)23;/h5-7,13-15,18H,4,8-12H2,1-3H3,(H2,24,25,26);1H. The zero-order valence-corrected chi connectivity index (χ0v) is 19.6. The molecule has 2 aliphatic rings. The molecule has 1 aromatic carbocycles. The number of rotatable bonds is 5. The van der Waals surface area contributed by atoms with E-state index in [4.69, 9.17) is 0 Å². The van der Waals surface area contributed by atoms with Crippen molar-refractivity contribution in [2.24, 2.45) is 10.9 Å². The topological polar surface area (TPSA) is 56.7 Å². The SMILES string of the molecule is CCN=C(NC1CCN(C(=O)C(C)C)CC1)NC1CC1c1c(F)cccc1F.I. The largest absolute Gasteiger partial charge is 0.354 e. The van der Waals surface area contributed by atoms with E-state index in [0.29, 0.717) is 18.9 Å². The highest BCUT2D eigenvalue weighted by molar-refractivity contribution is 14.0. The number of hydrogen-bond donors (Lipinski definition) is 2. The van der Waals surface area contributed by atoms with Crippen molar-refractivity contribution in [3.63, 3.8) is 0 Å². The molecule has 162 valence electrons. The number of carbonyl (C=O) groups is 1. The van der Waals surface area contributed by atoms with Gasteiger partial charge in [-0.15, -0.1) is 24.0 Å². The number of nitrogens with zero attached hydrogens (tertiary/aromatic N) is 2. The monoisotopic (exact) mass is 520 g/mol. The third kappa shape index (κ3) is 6.02. The summed E-state index contributed by atoms with van der Waals surface area (Å²) in [5.41, 5.74) is 0.163. The Balaban J connectivity index is 0.00000300. The molecule has 0 aromatic heterocycles. The van der Waals surface area contributed by atoms with Crippen LogP contribution in [0.25, 0.3) is 0 Å². The lowest BCUT2D eigenvalue weighted by Gasteiger charge is -2.34. The van der Waals surface area contributed by atoms with Gasteiger partial charge in [-0.1, -0.05) is 19.9 Å². The summed E-state index contributed by atoms with van der Waals surface area (Å²) in [5.74, 6) is -0.242. The fourth-order valence-corrected chi connectivity index (χ4v) is 3.81. The first-order chi connectivity index (χ1) is 13.4. The fourth-order valence-electron chi connectivity index (χ4n) is 3.81. The molecule has 8 heteroatoms. The Kier molecular flexibility index (Phi) is 8.66. The minimum absolute atomic E-state index is 0. The number of hydrogen-bond acceptors (Lipinski definition) is 2. The molecule has 1 aliphatic heterocycles. The molecule has 3 rings (SSSR count). The zero-order valence-electron chi connectivity index (χ0n) is 17.3. The van der Waals surface area contributed by atoms with Crippen LogP contribution in [0.4, 0.5) is 8.78 Å². The number of guanidine groups is 1. The average Bonchev–Trinajstić information content (AvgIpc) is 3.40. The molecular formula is C21H31F2IN4O. The van der Waals surface area contributed by atoms with E-state index in [9.17, 15) is 13.6 Å². The van der Waals surface area contributed by atoms with Crippen LogP contribution in [0.15, 0.2) is 23.2 Å². The molecule has 1 aliphatic carbocycles. The molecule has 29 heavy (non-hydrogen) atoms. The van der Waals surface area contributed by atoms with Crippen molar-refractivity contribution in [1.29, 1.82) is 0 Å². The Hall–Kier alpha value is -1.45. The predicted molar refractivity (Wildman–Crippen MR) is 122 cm³/mol. The van der Waals surface area contributed by atoms with Crippen LogP contribution in [0.2, 0.25) is 0 Å². The van der Waals surface area contributed by atoms with Crippen molar-refractivity contribution >= 4 is 35.8 Å². The molecule has 2 fully saturated rings. The van der Waals surface area contributed by atoms with E-state index in [1.807, 2.05) is 25.7 Å². The van der Waals surface area contributed by atoms with Gasteiger partial charge in [-0.25, -0.2) is 8.78 Å². The highest BCUT2D eigenvalue weighted by atomic mass is 127. The molecule has 5 nitrogen and oxygen atoms in total. The maximum Gasteiger partial charge on any atom is 0.225 e. The van der Waals surface area contributed by atoms with Crippen LogP contribution < -0.4 is 10.6 Å². The average molecular weight is 520 g/mol. The number of nitrogens with one attached hydrogen (secondary N) is 2. The number of halogens is 3. The van der Waals surface area contributed by atoms with Crippen molar-refractivity contribution in [3.05, 3.63) is 35.4 Å². The molecule has 0 bridgehead atoms. The minimum Gasteiger partial charge on any atom is -0.354 e. The number of amides is 1. The first-order valence-electron chi connectivity index (χ1n) is 10.2. The summed E-state index contributed by atoms with van der Waals surface area (Å²) in [5, 5.41) is 6.75. The molecular weight excluding hydrogens is 489 g/mol. The van der Waals surface area contributed by atoms with Crippen LogP contribution in [0.1, 0.15) is 51.5 Å². The van der Waals surface area contributed by atoms with Gasteiger partial charge in [-0.05, 0) is 38.3 Å². The number of piperidine rings is 1. The summed E-state index contributed by atoms with van der Waals surface area (Å²) in [7, 11) is 0. The number of aliphatic imine (C=N–C) groups is 1. The van der Waals surface area contributed by atoms with Crippen LogP contribution in [0.5, 0.6) is 0 Å². The van der Waals surface area contributed by atoms with E-state index in [-0.39, 0.29) is 59.4 Å². The van der Waals surface area contributed by atoms with E-state index in [1.165, 1.54) is 18.2 Å². The van der Waals surface area contributed by atoms with Gasteiger partial charge in [0.1, 0.15) is 11.6 Å². The lowest BCUT2D eigenvalue weighted by molar-refractivity contribution is -0.135. The van der Waals surface area contributed by atoms with Crippen LogP contribution >= 0.6 is 24.0 Å². The summed E-state index contributed by atoms with van der Waals surface area (Å²) in [6.07, 6.45) is 2.40. The summed E-state index contributed by atoms with van der Waals surface area (Å²) in [4.78, 5) is 18.5. The third-order valence-corrected chi connectivity index (χ3v) is 5.44. The Morgan fingerprint density at radius 2 is 1.83 bits per heavy atom. The van der Waals surface area contributed by atoms with Crippen LogP contribution in [0, 0.1) is 17.6 Å². The molecule has 1 heterocycles. The van der Waals surface area contributed by atoms with E-state index in [2.05, 4.69) is 15.6 Å². The smallest absolute Gasteiger partial charge is 0.225 e. The Morgan fingerprint density at radius 1 is 1.21 bits per heavy atom. The van der Waals surface area contributed by atoms with Gasteiger partial charge in [0.25, 0.3) is 0 Å². The van der Waals surface area contributed by atoms with E-state index in [1.54, 1.807) is 0 Å². The van der Waals surface area contributed by atoms with Crippen molar-refractivity contribution in [2.45, 2.75) is 58.0 Å². The van der Waals surface area contributed by atoms with Gasteiger partial charge in [0.15, 0.2) is 5.96 Å². The molecule has 2 N–H and O–H groups in total. The molecule has 2 atom stereocenters. The molecule has 0 spiro atoms. The number of carbonyl (C=O) groups excluding carboxylic acids is 1. The second-order valence-corrected chi connectivity index (χ2v) is 7.95. The van der Waals surface area contributed by atoms with Gasteiger partial charge < -0.3 is 15.5 Å². The molecule has 1 saturated carbocycles. The van der Waals surface area contributed by atoms with Crippen molar-refractivity contribution in [3.8, 4) is 0 Å². The summed E-state index contributed by atoms with van der Waals surface area (Å²) in [6, 6.07) is 4.21. The molecule has 1 amide bonds. The van der Waals surface area contributed by atoms with Crippen LogP contribution in [-0.2, 0) is 4.79 Å². The van der Waals surface area contributed by atoms with Crippen molar-refractivity contribution < 1.29 is 13.6 Å². The highest BCUT2D eigenvalue weighted by Crippen LogP contribution is 2.43. The predicted octanol–water partition coefficient (Wildman–Crippen LogP) is 3.64. The molecule has 0 radical (unpaired) electrons. The van der Waals surface area contributed by atoms with E-state index >= 15 is 0 Å². The second-order valence-electron chi connectivity index (χ2n) is 7.95. The summed E-state index contributed by atoms with van der Waals surface area (Å²) in [6.45, 7) is 7.89. The normalized spacial score (nSPS) is 22.3. The Bertz CT molecular complexity index is 715. The maximum absolute atomic E-state index is 14.0. The van der Waals surface area contributed by atoms with Crippen LogP contribution in [-0.4, -0.2) is 48.5 Å². The number of likely N-dealkylation sites (tertiary alicyclic amines) is 1. The molecule has 1 saturated heterocycles. The lowest BCUT2D eigenvalue weighted by atomic mass is 10.0. The molecule has 1 aromatic rings. The van der Waals surface area contributed by atoms with E-state index in [0.717, 1.165) is 25.9 Å². The van der Waals surface area contributed by atoms with Gasteiger partial charge in [-0.2, -0.15) is 0 Å². The van der Waals surface area contributed by atoms with Gasteiger partial charge in [0.05, 0.1) is 0 Å². The first kappa shape index (κ1) is 23.8. The van der Waals surface area contributed by atoms with E-state index < -0.39 is 11.6 Å². The third-order valence-electron chi connectivity index (χ3n) is 5.44. The minimum atomic E-state index is -0.488. The van der Waals surface area contributed by atoms with Gasteiger partial charge in [-0.3, -0.25) is 9.79 Å². The van der Waals surface area contributed by atoms with Gasteiger partial charge in [0.2, 0.25) is 5.91 Å². The summed E-state index contributed by atoms with van der Waals surface area (Å²) >= 11 is 0. The highest BCUT2D eigenvalue weighted by Gasteiger charge is 2.42. The Labute approximate surface area is 188 Å².